The highest BCUT2D eigenvalue weighted by Gasteiger charge is 2.59. The third kappa shape index (κ3) is 2.14. The van der Waals surface area contributed by atoms with Crippen LogP contribution < -0.4 is 5.32 Å². The molecule has 3 rings (SSSR count). The molecule has 110 valence electrons. The van der Waals surface area contributed by atoms with E-state index in [4.69, 9.17) is 4.74 Å². The van der Waals surface area contributed by atoms with E-state index in [0.717, 1.165) is 31.0 Å². The molecular weight excluding hydrogens is 254 g/mol. The number of aromatic nitrogens is 2. The molecule has 3 atom stereocenters. The Kier molecular flexibility index (Phi) is 3.32. The Labute approximate surface area is 119 Å². The van der Waals surface area contributed by atoms with Gasteiger partial charge >= 0.3 is 0 Å². The lowest BCUT2D eigenvalue weighted by atomic mass is 9.57. The van der Waals surface area contributed by atoms with E-state index in [9.17, 15) is 4.79 Å². The van der Waals surface area contributed by atoms with Crippen molar-refractivity contribution in [3.63, 3.8) is 0 Å². The van der Waals surface area contributed by atoms with Crippen LogP contribution in [-0.2, 0) is 22.4 Å². The standard InChI is InChI=1S/C15H23N3O2/c1-4-9-8-16-11(17-9)7-12(19)18-13-10-5-6-20-14(10)15(13,2)3/h8,10,13-14H,4-7H2,1-3H3,(H,16,17)(H,18,19). The molecule has 2 aliphatic rings. The van der Waals surface area contributed by atoms with Gasteiger partial charge in [0.1, 0.15) is 5.82 Å². The molecule has 1 aromatic heterocycles. The Morgan fingerprint density at radius 2 is 2.40 bits per heavy atom. The van der Waals surface area contributed by atoms with Crippen molar-refractivity contribution in [2.45, 2.75) is 52.2 Å². The van der Waals surface area contributed by atoms with Crippen molar-refractivity contribution in [1.82, 2.24) is 15.3 Å². The lowest BCUT2D eigenvalue weighted by Crippen LogP contribution is -2.66. The van der Waals surface area contributed by atoms with E-state index < -0.39 is 0 Å². The van der Waals surface area contributed by atoms with Crippen LogP contribution in [0.5, 0.6) is 0 Å². The number of nitrogens with zero attached hydrogens (tertiary/aromatic N) is 1. The first kappa shape index (κ1) is 13.6. The average Bonchev–Trinajstić information content (AvgIpc) is 3.03. The fraction of sp³-hybridized carbons (Fsp3) is 0.733. The minimum Gasteiger partial charge on any atom is -0.377 e. The van der Waals surface area contributed by atoms with Gasteiger partial charge in [-0.2, -0.15) is 0 Å². The molecule has 0 radical (unpaired) electrons. The van der Waals surface area contributed by atoms with Crippen molar-refractivity contribution in [1.29, 1.82) is 0 Å². The molecule has 20 heavy (non-hydrogen) atoms. The first-order valence-electron chi connectivity index (χ1n) is 7.46. The van der Waals surface area contributed by atoms with E-state index in [2.05, 4.69) is 36.1 Å². The zero-order valence-corrected chi connectivity index (χ0v) is 12.4. The number of aryl methyl sites for hydroxylation is 1. The maximum Gasteiger partial charge on any atom is 0.227 e. The summed E-state index contributed by atoms with van der Waals surface area (Å²) in [5.74, 6) is 1.28. The third-order valence-electron chi connectivity index (χ3n) is 4.81. The predicted octanol–water partition coefficient (Wildman–Crippen LogP) is 1.44. The minimum atomic E-state index is 0.0363. The molecule has 1 amide bonds. The fourth-order valence-corrected chi connectivity index (χ4v) is 3.67. The lowest BCUT2D eigenvalue weighted by Gasteiger charge is -2.54. The molecule has 3 unspecified atom stereocenters. The second-order valence-corrected chi connectivity index (χ2v) is 6.50. The number of nitrogens with one attached hydrogen (secondary N) is 2. The van der Waals surface area contributed by atoms with Gasteiger partial charge in [-0.3, -0.25) is 4.79 Å². The quantitative estimate of drug-likeness (QED) is 0.875. The van der Waals surface area contributed by atoms with Crippen molar-refractivity contribution >= 4 is 5.91 Å². The summed E-state index contributed by atoms with van der Waals surface area (Å²) in [6.45, 7) is 7.23. The number of hydrogen-bond acceptors (Lipinski definition) is 3. The van der Waals surface area contributed by atoms with E-state index in [1.54, 1.807) is 6.20 Å². The number of carbonyl (C=O) groups excluding carboxylic acids is 1. The molecule has 2 fully saturated rings. The molecule has 2 heterocycles. The highest BCUT2D eigenvalue weighted by Crippen LogP contribution is 2.52. The average molecular weight is 277 g/mol. The number of hydrogen-bond donors (Lipinski definition) is 2. The largest absolute Gasteiger partial charge is 0.377 e. The Bertz CT molecular complexity index is 509. The van der Waals surface area contributed by atoms with Gasteiger partial charge in [0.15, 0.2) is 0 Å². The predicted molar refractivity (Wildman–Crippen MR) is 75.2 cm³/mol. The number of rotatable bonds is 4. The van der Waals surface area contributed by atoms with E-state index in [0.29, 0.717) is 18.4 Å². The van der Waals surface area contributed by atoms with Crippen LogP contribution in [0.15, 0.2) is 6.20 Å². The number of H-pyrrole nitrogens is 1. The van der Waals surface area contributed by atoms with Crippen LogP contribution in [0.2, 0.25) is 0 Å². The van der Waals surface area contributed by atoms with Crippen LogP contribution in [0.1, 0.15) is 38.7 Å². The van der Waals surface area contributed by atoms with Gasteiger partial charge in [0.2, 0.25) is 5.91 Å². The molecule has 2 N–H and O–H groups in total. The number of amides is 1. The maximum atomic E-state index is 12.2. The molecule has 1 saturated heterocycles. The summed E-state index contributed by atoms with van der Waals surface area (Å²) in [7, 11) is 0. The van der Waals surface area contributed by atoms with Gasteiger partial charge in [0, 0.05) is 35.9 Å². The molecule has 1 aliphatic carbocycles. The van der Waals surface area contributed by atoms with Crippen molar-refractivity contribution in [3.8, 4) is 0 Å². The Hall–Kier alpha value is -1.36. The van der Waals surface area contributed by atoms with Crippen LogP contribution in [0.3, 0.4) is 0 Å². The van der Waals surface area contributed by atoms with Gasteiger partial charge in [-0.15, -0.1) is 0 Å². The van der Waals surface area contributed by atoms with Crippen LogP contribution >= 0.6 is 0 Å². The highest BCUT2D eigenvalue weighted by atomic mass is 16.5. The molecule has 5 nitrogen and oxygen atoms in total. The lowest BCUT2D eigenvalue weighted by molar-refractivity contribution is -0.137. The van der Waals surface area contributed by atoms with Crippen molar-refractivity contribution in [2.24, 2.45) is 11.3 Å². The number of aromatic amines is 1. The summed E-state index contributed by atoms with van der Waals surface area (Å²) < 4.78 is 5.75. The normalized spacial score (nSPS) is 30.6. The number of fused-ring (bicyclic) bond motifs is 1. The number of imidazole rings is 1. The van der Waals surface area contributed by atoms with Gasteiger partial charge in [0.05, 0.1) is 12.5 Å². The first-order valence-corrected chi connectivity index (χ1v) is 7.46. The van der Waals surface area contributed by atoms with Crippen LogP contribution in [0.4, 0.5) is 0 Å². The molecule has 1 aliphatic heterocycles. The summed E-state index contributed by atoms with van der Waals surface area (Å²) in [6.07, 6.45) is 4.40. The highest BCUT2D eigenvalue weighted by molar-refractivity contribution is 5.78. The van der Waals surface area contributed by atoms with E-state index in [1.807, 2.05) is 0 Å². The maximum absolute atomic E-state index is 12.2. The smallest absolute Gasteiger partial charge is 0.227 e. The molecule has 5 heteroatoms. The van der Waals surface area contributed by atoms with Crippen LogP contribution in [-0.4, -0.2) is 34.6 Å². The summed E-state index contributed by atoms with van der Waals surface area (Å²) >= 11 is 0. The van der Waals surface area contributed by atoms with Crippen molar-refractivity contribution in [2.75, 3.05) is 6.61 Å². The van der Waals surface area contributed by atoms with Crippen LogP contribution in [0, 0.1) is 11.3 Å². The Morgan fingerprint density at radius 1 is 1.60 bits per heavy atom. The molecule has 0 bridgehead atoms. The van der Waals surface area contributed by atoms with Crippen molar-refractivity contribution < 1.29 is 9.53 Å². The molecule has 0 aromatic carbocycles. The van der Waals surface area contributed by atoms with Crippen molar-refractivity contribution in [3.05, 3.63) is 17.7 Å². The summed E-state index contributed by atoms with van der Waals surface area (Å²) in [4.78, 5) is 19.6. The monoisotopic (exact) mass is 277 g/mol. The van der Waals surface area contributed by atoms with Gasteiger partial charge in [-0.05, 0) is 12.8 Å². The Balaban J connectivity index is 1.59. The molecular formula is C15H23N3O2. The molecule has 1 saturated carbocycles. The second-order valence-electron chi connectivity index (χ2n) is 6.50. The SMILES string of the molecule is CCc1cnc(CC(=O)NC2C3CCOC3C2(C)C)[nH]1. The van der Waals surface area contributed by atoms with Gasteiger partial charge < -0.3 is 15.0 Å². The third-order valence-corrected chi connectivity index (χ3v) is 4.81. The second kappa shape index (κ2) is 4.88. The number of ether oxygens (including phenoxy) is 1. The van der Waals surface area contributed by atoms with Gasteiger partial charge in [0.25, 0.3) is 0 Å². The van der Waals surface area contributed by atoms with Gasteiger partial charge in [-0.25, -0.2) is 4.98 Å². The van der Waals surface area contributed by atoms with Crippen LogP contribution in [0.25, 0.3) is 0 Å². The molecule has 0 spiro atoms. The topological polar surface area (TPSA) is 67.0 Å². The Morgan fingerprint density at radius 3 is 3.10 bits per heavy atom. The van der Waals surface area contributed by atoms with E-state index in [-0.39, 0.29) is 17.4 Å². The zero-order valence-electron chi connectivity index (χ0n) is 12.4. The van der Waals surface area contributed by atoms with E-state index in [1.165, 1.54) is 0 Å². The molecule has 1 aromatic rings. The summed E-state index contributed by atoms with van der Waals surface area (Å²) in [5.41, 5.74) is 1.11. The summed E-state index contributed by atoms with van der Waals surface area (Å²) in [5, 5.41) is 3.17. The zero-order chi connectivity index (χ0) is 14.3. The van der Waals surface area contributed by atoms with E-state index >= 15 is 0 Å². The minimum absolute atomic E-state index is 0.0363. The fourth-order valence-electron chi connectivity index (χ4n) is 3.67. The first-order chi connectivity index (χ1) is 9.52. The number of carbonyl (C=O) groups is 1. The summed E-state index contributed by atoms with van der Waals surface area (Å²) in [6, 6.07) is 0.225. The van der Waals surface area contributed by atoms with Gasteiger partial charge in [-0.1, -0.05) is 20.8 Å².